The minimum absolute atomic E-state index is 0.361. The maximum absolute atomic E-state index is 12.3. The molecule has 3 aliphatic carbocycles. The highest BCUT2D eigenvalue weighted by Crippen LogP contribution is 2.48. The molecule has 4 rings (SSSR count). The number of fused-ring (bicyclic) bond motifs is 2. The number of hydrogen-bond donors (Lipinski definition) is 1. The molecule has 1 N–H and O–H groups in total. The Bertz CT molecular complexity index is 366. The van der Waals surface area contributed by atoms with Crippen molar-refractivity contribution in [2.24, 2.45) is 23.7 Å². The fraction of sp³-hybridized carbons (Fsp3) is 0.938. The first-order valence-electron chi connectivity index (χ1n) is 8.31. The minimum atomic E-state index is 0.361. The third-order valence-electron chi connectivity index (χ3n) is 6.02. The third-order valence-corrected chi connectivity index (χ3v) is 6.02. The fourth-order valence-corrected chi connectivity index (χ4v) is 4.74. The molecule has 3 heteroatoms. The predicted octanol–water partition coefficient (Wildman–Crippen LogP) is 2.02. The molecule has 2 bridgehead atoms. The van der Waals surface area contributed by atoms with E-state index < -0.39 is 0 Å². The van der Waals surface area contributed by atoms with E-state index in [1.807, 2.05) is 0 Å². The molecule has 3 nitrogen and oxygen atoms in total. The Morgan fingerprint density at radius 2 is 2.00 bits per heavy atom. The van der Waals surface area contributed by atoms with Crippen LogP contribution in [0.5, 0.6) is 0 Å². The number of rotatable bonds is 4. The zero-order chi connectivity index (χ0) is 12.8. The van der Waals surface area contributed by atoms with Crippen molar-refractivity contribution < 1.29 is 4.79 Å². The van der Waals surface area contributed by atoms with Crippen LogP contribution in [0.4, 0.5) is 0 Å². The molecule has 4 atom stereocenters. The third kappa shape index (κ3) is 2.42. The van der Waals surface area contributed by atoms with Crippen LogP contribution in [0.3, 0.4) is 0 Å². The topological polar surface area (TPSA) is 32.3 Å². The maximum atomic E-state index is 12.3. The van der Waals surface area contributed by atoms with E-state index in [1.54, 1.807) is 0 Å². The van der Waals surface area contributed by atoms with Gasteiger partial charge in [0.05, 0.1) is 0 Å². The van der Waals surface area contributed by atoms with Gasteiger partial charge >= 0.3 is 0 Å². The smallest absolute Gasteiger partial charge is 0.223 e. The monoisotopic (exact) mass is 262 g/mol. The molecule has 1 heterocycles. The molecule has 0 unspecified atom stereocenters. The first kappa shape index (κ1) is 12.2. The summed E-state index contributed by atoms with van der Waals surface area (Å²) < 4.78 is 0. The lowest BCUT2D eigenvalue weighted by molar-refractivity contribution is -0.126. The average molecular weight is 262 g/mol. The summed E-state index contributed by atoms with van der Waals surface area (Å²) in [7, 11) is 0. The van der Waals surface area contributed by atoms with Gasteiger partial charge in [-0.1, -0.05) is 6.42 Å². The minimum Gasteiger partial charge on any atom is -0.356 e. The summed E-state index contributed by atoms with van der Waals surface area (Å²) in [4.78, 5) is 14.9. The lowest BCUT2D eigenvalue weighted by Gasteiger charge is -2.22. The molecule has 0 aromatic carbocycles. The highest BCUT2D eigenvalue weighted by atomic mass is 16.1. The Labute approximate surface area is 116 Å². The number of likely N-dealkylation sites (tertiary alicyclic amines) is 1. The van der Waals surface area contributed by atoms with Crippen LogP contribution in [0.2, 0.25) is 0 Å². The van der Waals surface area contributed by atoms with E-state index in [2.05, 4.69) is 10.2 Å². The molecule has 1 amide bonds. The second-order valence-corrected chi connectivity index (χ2v) is 7.41. The Morgan fingerprint density at radius 3 is 2.68 bits per heavy atom. The summed E-state index contributed by atoms with van der Waals surface area (Å²) >= 11 is 0. The number of nitrogens with zero attached hydrogens (tertiary/aromatic N) is 1. The molecule has 0 aromatic rings. The zero-order valence-corrected chi connectivity index (χ0v) is 11.8. The van der Waals surface area contributed by atoms with Gasteiger partial charge in [0.1, 0.15) is 0 Å². The van der Waals surface area contributed by atoms with Gasteiger partial charge in [-0.05, 0) is 62.8 Å². The number of carbonyl (C=O) groups excluding carboxylic acids is 1. The van der Waals surface area contributed by atoms with Crippen molar-refractivity contribution in [3.63, 3.8) is 0 Å². The first-order chi connectivity index (χ1) is 9.29. The lowest BCUT2D eigenvalue weighted by atomic mass is 9.88. The van der Waals surface area contributed by atoms with Gasteiger partial charge in [-0.15, -0.1) is 0 Å². The summed E-state index contributed by atoms with van der Waals surface area (Å²) in [5, 5.41) is 3.27. The fourth-order valence-electron chi connectivity index (χ4n) is 4.74. The van der Waals surface area contributed by atoms with Crippen LogP contribution in [0.1, 0.15) is 44.9 Å². The van der Waals surface area contributed by atoms with Crippen molar-refractivity contribution in [3.8, 4) is 0 Å². The van der Waals surface area contributed by atoms with Gasteiger partial charge in [-0.3, -0.25) is 4.79 Å². The van der Waals surface area contributed by atoms with Gasteiger partial charge in [0, 0.05) is 25.0 Å². The van der Waals surface area contributed by atoms with E-state index in [-0.39, 0.29) is 0 Å². The summed E-state index contributed by atoms with van der Waals surface area (Å²) in [6.45, 7) is 3.41. The van der Waals surface area contributed by atoms with E-state index in [1.165, 1.54) is 58.0 Å². The van der Waals surface area contributed by atoms with Gasteiger partial charge in [0.25, 0.3) is 0 Å². The summed E-state index contributed by atoms with van der Waals surface area (Å²) in [5.74, 6) is 3.04. The molecule has 19 heavy (non-hydrogen) atoms. The molecule has 0 aromatic heterocycles. The quantitative estimate of drug-likeness (QED) is 0.840. The van der Waals surface area contributed by atoms with Crippen LogP contribution < -0.4 is 5.32 Å². The highest BCUT2D eigenvalue weighted by molar-refractivity contribution is 5.79. The van der Waals surface area contributed by atoms with Gasteiger partial charge in [-0.2, -0.15) is 0 Å². The molecular weight excluding hydrogens is 236 g/mol. The summed E-state index contributed by atoms with van der Waals surface area (Å²) in [6.07, 6.45) is 9.29. The Kier molecular flexibility index (Phi) is 3.06. The normalized spacial score (nSPS) is 41.9. The van der Waals surface area contributed by atoms with Gasteiger partial charge in [0.15, 0.2) is 0 Å². The number of nitrogens with one attached hydrogen (secondary N) is 1. The summed E-state index contributed by atoms with van der Waals surface area (Å²) in [6, 6.07) is 0.895. The van der Waals surface area contributed by atoms with Crippen molar-refractivity contribution in [2.75, 3.05) is 19.6 Å². The standard InChI is InChI=1S/C16H26N2O/c19-16(15-8-11-1-2-13(15)7-11)17-9-12-5-6-18(10-12)14-3-4-14/h11-15H,1-10H2,(H,17,19)/t11-,12+,13-,15-/m0/s1. The van der Waals surface area contributed by atoms with E-state index in [9.17, 15) is 4.79 Å². The molecule has 106 valence electrons. The van der Waals surface area contributed by atoms with Crippen molar-refractivity contribution in [1.29, 1.82) is 0 Å². The number of carbonyl (C=O) groups is 1. The lowest BCUT2D eigenvalue weighted by Crippen LogP contribution is -2.37. The molecule has 1 saturated heterocycles. The van der Waals surface area contributed by atoms with Gasteiger partial charge in [0.2, 0.25) is 5.91 Å². The second-order valence-electron chi connectivity index (χ2n) is 7.41. The Morgan fingerprint density at radius 1 is 1.11 bits per heavy atom. The van der Waals surface area contributed by atoms with Gasteiger partial charge < -0.3 is 10.2 Å². The van der Waals surface area contributed by atoms with Crippen molar-refractivity contribution in [3.05, 3.63) is 0 Å². The van der Waals surface area contributed by atoms with E-state index in [0.717, 1.165) is 24.4 Å². The first-order valence-corrected chi connectivity index (χ1v) is 8.31. The van der Waals surface area contributed by atoms with Crippen LogP contribution in [-0.4, -0.2) is 36.5 Å². The average Bonchev–Trinajstić information content (AvgIpc) is 2.89. The van der Waals surface area contributed by atoms with E-state index in [4.69, 9.17) is 0 Å². The molecule has 3 saturated carbocycles. The Balaban J connectivity index is 1.23. The second kappa shape index (κ2) is 4.76. The van der Waals surface area contributed by atoms with Crippen molar-refractivity contribution >= 4 is 5.91 Å². The van der Waals surface area contributed by atoms with E-state index in [0.29, 0.717) is 17.7 Å². The number of amides is 1. The predicted molar refractivity (Wildman–Crippen MR) is 74.6 cm³/mol. The molecule has 1 aliphatic heterocycles. The summed E-state index contributed by atoms with van der Waals surface area (Å²) in [5.41, 5.74) is 0. The Hall–Kier alpha value is -0.570. The van der Waals surface area contributed by atoms with Gasteiger partial charge in [-0.25, -0.2) is 0 Å². The van der Waals surface area contributed by atoms with Crippen LogP contribution in [0, 0.1) is 23.7 Å². The van der Waals surface area contributed by atoms with Crippen LogP contribution in [0.15, 0.2) is 0 Å². The zero-order valence-electron chi connectivity index (χ0n) is 11.8. The van der Waals surface area contributed by atoms with E-state index >= 15 is 0 Å². The highest BCUT2D eigenvalue weighted by Gasteiger charge is 2.43. The largest absolute Gasteiger partial charge is 0.356 e. The van der Waals surface area contributed by atoms with Crippen molar-refractivity contribution in [2.45, 2.75) is 51.0 Å². The molecule has 0 spiro atoms. The number of hydrogen-bond acceptors (Lipinski definition) is 2. The van der Waals surface area contributed by atoms with Crippen LogP contribution in [0.25, 0.3) is 0 Å². The van der Waals surface area contributed by atoms with Crippen molar-refractivity contribution in [1.82, 2.24) is 10.2 Å². The molecular formula is C16H26N2O. The molecule has 0 radical (unpaired) electrons. The maximum Gasteiger partial charge on any atom is 0.223 e. The van der Waals surface area contributed by atoms with Crippen LogP contribution >= 0.6 is 0 Å². The SMILES string of the molecule is O=C(NC[C@H]1CCN(C2CC2)C1)[C@H]1C[C@H]2CC[C@H]1C2. The molecule has 4 aliphatic rings. The molecule has 4 fully saturated rings. The van der Waals surface area contributed by atoms with Crippen LogP contribution in [-0.2, 0) is 4.79 Å².